The Morgan fingerprint density at radius 1 is 1.53 bits per heavy atom. The lowest BCUT2D eigenvalue weighted by Gasteiger charge is -2.26. The number of carbonyl (C=O) groups is 1. The van der Waals surface area contributed by atoms with Crippen LogP contribution >= 0.6 is 0 Å². The van der Waals surface area contributed by atoms with E-state index in [2.05, 4.69) is 10.00 Å². The maximum absolute atomic E-state index is 11.1. The van der Waals surface area contributed by atoms with Crippen LogP contribution in [0.1, 0.15) is 23.0 Å². The van der Waals surface area contributed by atoms with E-state index in [1.165, 1.54) is 6.20 Å². The lowest BCUT2D eigenvalue weighted by Crippen LogP contribution is -2.36. The molecule has 6 heteroatoms. The molecule has 0 saturated carbocycles. The molecule has 0 atom stereocenters. The van der Waals surface area contributed by atoms with Gasteiger partial charge in [-0.2, -0.15) is 5.10 Å². The zero-order valence-corrected chi connectivity index (χ0v) is 9.93. The van der Waals surface area contributed by atoms with Gasteiger partial charge in [-0.3, -0.25) is 9.58 Å². The number of aryl methyl sites for hydroxylation is 1. The first-order valence-corrected chi connectivity index (χ1v) is 5.80. The van der Waals surface area contributed by atoms with Crippen LogP contribution in [0.15, 0.2) is 6.20 Å². The van der Waals surface area contributed by atoms with E-state index in [0.29, 0.717) is 31.9 Å². The maximum atomic E-state index is 11.1. The second kappa shape index (κ2) is 5.29. The molecule has 6 nitrogen and oxygen atoms in total. The Balaban J connectivity index is 2.16. The van der Waals surface area contributed by atoms with Crippen molar-refractivity contribution in [2.24, 2.45) is 0 Å². The summed E-state index contributed by atoms with van der Waals surface area (Å²) in [6.45, 7) is 6.38. The van der Waals surface area contributed by atoms with E-state index in [4.69, 9.17) is 9.84 Å². The van der Waals surface area contributed by atoms with E-state index in [-0.39, 0.29) is 0 Å². The first kappa shape index (κ1) is 12.1. The number of carboxylic acids is 1. The minimum absolute atomic E-state index is 0.304. The van der Waals surface area contributed by atoms with Gasteiger partial charge >= 0.3 is 5.97 Å². The smallest absolute Gasteiger partial charge is 0.339 e. The summed E-state index contributed by atoms with van der Waals surface area (Å²) in [6, 6.07) is 0. The largest absolute Gasteiger partial charge is 0.478 e. The van der Waals surface area contributed by atoms with Gasteiger partial charge in [-0.05, 0) is 6.92 Å². The molecule has 0 aromatic carbocycles. The highest BCUT2D eigenvalue weighted by Gasteiger charge is 2.19. The molecule has 1 aliphatic rings. The van der Waals surface area contributed by atoms with Gasteiger partial charge in [-0.25, -0.2) is 4.79 Å². The lowest BCUT2D eigenvalue weighted by molar-refractivity contribution is 0.0328. The molecule has 1 fully saturated rings. The second-order valence-corrected chi connectivity index (χ2v) is 4.01. The van der Waals surface area contributed by atoms with Crippen LogP contribution in [0.2, 0.25) is 0 Å². The van der Waals surface area contributed by atoms with Crippen LogP contribution in [-0.2, 0) is 17.8 Å². The van der Waals surface area contributed by atoms with Gasteiger partial charge in [0.2, 0.25) is 0 Å². The van der Waals surface area contributed by atoms with Crippen molar-refractivity contribution in [2.45, 2.75) is 20.0 Å². The molecule has 2 rings (SSSR count). The second-order valence-electron chi connectivity index (χ2n) is 4.01. The molecule has 0 radical (unpaired) electrons. The fourth-order valence-electron chi connectivity index (χ4n) is 2.00. The number of hydrogen-bond donors (Lipinski definition) is 1. The van der Waals surface area contributed by atoms with Gasteiger partial charge in [0.15, 0.2) is 0 Å². The predicted octanol–water partition coefficient (Wildman–Crippen LogP) is 0.433. The normalized spacial score (nSPS) is 17.2. The third kappa shape index (κ3) is 2.65. The summed E-state index contributed by atoms with van der Waals surface area (Å²) in [5.41, 5.74) is 1.08. The highest BCUT2D eigenvalue weighted by Crippen LogP contribution is 2.13. The molecule has 1 aromatic heterocycles. The van der Waals surface area contributed by atoms with Crippen molar-refractivity contribution in [3.63, 3.8) is 0 Å². The van der Waals surface area contributed by atoms with E-state index in [1.807, 2.05) is 6.92 Å². The number of morpholine rings is 1. The Bertz CT molecular complexity index is 397. The highest BCUT2D eigenvalue weighted by molar-refractivity contribution is 5.88. The quantitative estimate of drug-likeness (QED) is 0.825. The van der Waals surface area contributed by atoms with Crippen molar-refractivity contribution in [1.29, 1.82) is 0 Å². The molecule has 0 spiro atoms. The van der Waals surface area contributed by atoms with E-state index in [1.54, 1.807) is 4.68 Å². The van der Waals surface area contributed by atoms with Crippen LogP contribution in [0.25, 0.3) is 0 Å². The standard InChI is InChI=1S/C11H17N3O3/c1-2-14-10(9(7-12-14)11(15)16)8-13-3-5-17-6-4-13/h7H,2-6,8H2,1H3,(H,15,16). The van der Waals surface area contributed by atoms with Crippen LogP contribution in [0.3, 0.4) is 0 Å². The molecular weight excluding hydrogens is 222 g/mol. The van der Waals surface area contributed by atoms with Crippen LogP contribution in [0.4, 0.5) is 0 Å². The number of aromatic nitrogens is 2. The number of rotatable bonds is 4. The molecule has 1 aliphatic heterocycles. The zero-order chi connectivity index (χ0) is 12.3. The SMILES string of the molecule is CCn1ncc(C(=O)O)c1CN1CCOCC1. The summed E-state index contributed by atoms with van der Waals surface area (Å²) in [7, 11) is 0. The number of carboxylic acid groups (broad SMARTS) is 1. The van der Waals surface area contributed by atoms with Gasteiger partial charge in [0, 0.05) is 26.2 Å². The maximum Gasteiger partial charge on any atom is 0.339 e. The Labute approximate surface area is 99.8 Å². The van der Waals surface area contributed by atoms with Gasteiger partial charge in [0.1, 0.15) is 5.56 Å². The molecule has 1 aromatic rings. The summed E-state index contributed by atoms with van der Waals surface area (Å²) in [6.07, 6.45) is 1.43. The van der Waals surface area contributed by atoms with Crippen molar-refractivity contribution in [3.8, 4) is 0 Å². The molecular formula is C11H17N3O3. The fraction of sp³-hybridized carbons (Fsp3) is 0.636. The molecule has 0 aliphatic carbocycles. The summed E-state index contributed by atoms with van der Waals surface area (Å²) >= 11 is 0. The van der Waals surface area contributed by atoms with Crippen molar-refractivity contribution in [1.82, 2.24) is 14.7 Å². The molecule has 1 N–H and O–H groups in total. The summed E-state index contributed by atoms with van der Waals surface area (Å²) in [5.74, 6) is -0.909. The summed E-state index contributed by atoms with van der Waals surface area (Å²) in [4.78, 5) is 13.3. The van der Waals surface area contributed by atoms with E-state index in [9.17, 15) is 4.79 Å². The van der Waals surface area contributed by atoms with Crippen LogP contribution < -0.4 is 0 Å². The van der Waals surface area contributed by atoms with Gasteiger partial charge in [-0.1, -0.05) is 0 Å². The summed E-state index contributed by atoms with van der Waals surface area (Å²) < 4.78 is 7.02. The molecule has 0 unspecified atom stereocenters. The molecule has 1 saturated heterocycles. The lowest BCUT2D eigenvalue weighted by atomic mass is 10.2. The van der Waals surface area contributed by atoms with Crippen LogP contribution in [0.5, 0.6) is 0 Å². The fourth-order valence-corrected chi connectivity index (χ4v) is 2.00. The number of ether oxygens (including phenoxy) is 1. The van der Waals surface area contributed by atoms with E-state index in [0.717, 1.165) is 18.8 Å². The highest BCUT2D eigenvalue weighted by atomic mass is 16.5. The minimum Gasteiger partial charge on any atom is -0.478 e. The van der Waals surface area contributed by atoms with Gasteiger partial charge in [0.25, 0.3) is 0 Å². The Kier molecular flexibility index (Phi) is 3.75. The molecule has 0 amide bonds. The molecule has 17 heavy (non-hydrogen) atoms. The number of hydrogen-bond acceptors (Lipinski definition) is 4. The van der Waals surface area contributed by atoms with E-state index >= 15 is 0 Å². The number of aromatic carboxylic acids is 1. The third-order valence-electron chi connectivity index (χ3n) is 2.96. The Morgan fingerprint density at radius 2 is 2.24 bits per heavy atom. The average Bonchev–Trinajstić information content (AvgIpc) is 2.73. The van der Waals surface area contributed by atoms with Crippen molar-refractivity contribution in [2.75, 3.05) is 26.3 Å². The Hall–Kier alpha value is -1.40. The first-order valence-electron chi connectivity index (χ1n) is 5.80. The zero-order valence-electron chi connectivity index (χ0n) is 9.93. The topological polar surface area (TPSA) is 67.6 Å². The van der Waals surface area contributed by atoms with Gasteiger partial charge in [0.05, 0.1) is 25.1 Å². The minimum atomic E-state index is -0.909. The summed E-state index contributed by atoms with van der Waals surface area (Å²) in [5, 5.41) is 13.2. The predicted molar refractivity (Wildman–Crippen MR) is 61.0 cm³/mol. The van der Waals surface area contributed by atoms with Crippen LogP contribution in [-0.4, -0.2) is 52.1 Å². The van der Waals surface area contributed by atoms with Crippen LogP contribution in [0, 0.1) is 0 Å². The first-order chi connectivity index (χ1) is 8.22. The van der Waals surface area contributed by atoms with Gasteiger partial charge < -0.3 is 9.84 Å². The van der Waals surface area contributed by atoms with Crippen molar-refractivity contribution >= 4 is 5.97 Å². The monoisotopic (exact) mass is 239 g/mol. The molecule has 2 heterocycles. The molecule has 0 bridgehead atoms. The van der Waals surface area contributed by atoms with Gasteiger partial charge in [-0.15, -0.1) is 0 Å². The van der Waals surface area contributed by atoms with E-state index < -0.39 is 5.97 Å². The van der Waals surface area contributed by atoms with Crippen molar-refractivity contribution < 1.29 is 14.6 Å². The van der Waals surface area contributed by atoms with Crippen molar-refractivity contribution in [3.05, 3.63) is 17.5 Å². The Morgan fingerprint density at radius 3 is 2.82 bits per heavy atom. The third-order valence-corrected chi connectivity index (χ3v) is 2.96. The number of nitrogens with zero attached hydrogens (tertiary/aromatic N) is 3. The average molecular weight is 239 g/mol. The molecule has 94 valence electrons.